The summed E-state index contributed by atoms with van der Waals surface area (Å²) < 4.78 is 0. The lowest BCUT2D eigenvalue weighted by Gasteiger charge is -2.22. The Morgan fingerprint density at radius 2 is 2.00 bits per heavy atom. The maximum atomic E-state index is 10.8. The third-order valence-corrected chi connectivity index (χ3v) is 4.21. The summed E-state index contributed by atoms with van der Waals surface area (Å²) in [5.41, 5.74) is 2.67. The number of benzene rings is 1. The summed E-state index contributed by atoms with van der Waals surface area (Å²) in [6.07, 6.45) is 6.61. The first-order valence-electron chi connectivity index (χ1n) is 6.86. The van der Waals surface area contributed by atoms with Gasteiger partial charge in [0.1, 0.15) is 0 Å². The fourth-order valence-corrected chi connectivity index (χ4v) is 2.81. The van der Waals surface area contributed by atoms with Crippen LogP contribution < -0.4 is 5.32 Å². The number of rotatable bonds is 4. The van der Waals surface area contributed by atoms with Crippen LogP contribution in [-0.4, -0.2) is 24.0 Å². The van der Waals surface area contributed by atoms with Gasteiger partial charge in [-0.3, -0.25) is 4.79 Å². The van der Waals surface area contributed by atoms with Crippen LogP contribution in [0.25, 0.3) is 6.08 Å². The van der Waals surface area contributed by atoms with Crippen LogP contribution in [0.15, 0.2) is 30.3 Å². The lowest BCUT2D eigenvalue weighted by Crippen LogP contribution is -2.26. The summed E-state index contributed by atoms with van der Waals surface area (Å²) in [6, 6.07) is 8.83. The Hall–Kier alpha value is -1.06. The second kappa shape index (κ2) is 7.51. The molecule has 1 saturated heterocycles. The fraction of sp³-hybridized carbons (Fsp3) is 0.438. The molecule has 0 atom stereocenters. The van der Waals surface area contributed by atoms with E-state index in [2.05, 4.69) is 35.7 Å². The third kappa shape index (κ3) is 4.84. The van der Waals surface area contributed by atoms with Crippen LogP contribution in [0.4, 0.5) is 0 Å². The van der Waals surface area contributed by atoms with Gasteiger partial charge in [0.25, 0.3) is 0 Å². The van der Waals surface area contributed by atoms with Crippen molar-refractivity contribution in [3.05, 3.63) is 41.5 Å². The van der Waals surface area contributed by atoms with Crippen LogP contribution in [0.2, 0.25) is 0 Å². The number of carbonyl (C=O) groups is 1. The Labute approximate surface area is 119 Å². The van der Waals surface area contributed by atoms with E-state index in [1.54, 1.807) is 6.92 Å². The van der Waals surface area contributed by atoms with Crippen molar-refractivity contribution in [2.24, 2.45) is 0 Å². The van der Waals surface area contributed by atoms with Gasteiger partial charge in [0.2, 0.25) is 0 Å². The molecular weight excluding hydrogens is 254 g/mol. The molecule has 1 aromatic rings. The maximum absolute atomic E-state index is 10.8. The molecule has 102 valence electrons. The van der Waals surface area contributed by atoms with E-state index in [0.717, 1.165) is 18.8 Å². The molecule has 1 N–H and O–H groups in total. The highest BCUT2D eigenvalue weighted by Gasteiger charge is 2.14. The molecule has 0 spiro atoms. The van der Waals surface area contributed by atoms with Gasteiger partial charge in [0.15, 0.2) is 5.12 Å². The van der Waals surface area contributed by atoms with Gasteiger partial charge in [0.05, 0.1) is 0 Å². The molecule has 3 heteroatoms. The second-order valence-corrected chi connectivity index (χ2v) is 6.09. The summed E-state index contributed by atoms with van der Waals surface area (Å²) >= 11 is 1.34. The molecule has 1 aromatic carbocycles. The van der Waals surface area contributed by atoms with E-state index in [9.17, 15) is 4.79 Å². The second-order valence-electron chi connectivity index (χ2n) is 4.90. The van der Waals surface area contributed by atoms with Crippen molar-refractivity contribution in [3.63, 3.8) is 0 Å². The first kappa shape index (κ1) is 14.4. The van der Waals surface area contributed by atoms with Crippen LogP contribution in [0.3, 0.4) is 0 Å². The zero-order valence-corrected chi connectivity index (χ0v) is 12.2. The molecule has 1 heterocycles. The number of carbonyl (C=O) groups excluding carboxylic acids is 1. The van der Waals surface area contributed by atoms with Crippen LogP contribution in [0, 0.1) is 0 Å². The predicted molar refractivity (Wildman–Crippen MR) is 83.5 cm³/mol. The van der Waals surface area contributed by atoms with Crippen molar-refractivity contribution in [2.45, 2.75) is 25.7 Å². The largest absolute Gasteiger partial charge is 0.317 e. The maximum Gasteiger partial charge on any atom is 0.186 e. The summed E-state index contributed by atoms with van der Waals surface area (Å²) in [4.78, 5) is 10.8. The molecule has 2 rings (SSSR count). The molecular formula is C16H21NOS. The molecule has 1 aliphatic rings. The quantitative estimate of drug-likeness (QED) is 0.912. The van der Waals surface area contributed by atoms with Crippen molar-refractivity contribution in [2.75, 3.05) is 18.8 Å². The van der Waals surface area contributed by atoms with Gasteiger partial charge in [-0.1, -0.05) is 48.2 Å². The first-order chi connectivity index (χ1) is 9.25. The van der Waals surface area contributed by atoms with Gasteiger partial charge in [-0.25, -0.2) is 0 Å². The average molecular weight is 275 g/mol. The summed E-state index contributed by atoms with van der Waals surface area (Å²) in [6.45, 7) is 3.87. The molecule has 1 aliphatic heterocycles. The van der Waals surface area contributed by atoms with E-state index in [1.165, 1.54) is 35.7 Å². The smallest absolute Gasteiger partial charge is 0.186 e. The Kier molecular flexibility index (Phi) is 5.67. The van der Waals surface area contributed by atoms with Crippen molar-refractivity contribution in [1.82, 2.24) is 5.32 Å². The minimum Gasteiger partial charge on any atom is -0.317 e. The van der Waals surface area contributed by atoms with Crippen LogP contribution in [-0.2, 0) is 4.79 Å². The monoisotopic (exact) mass is 275 g/mol. The number of nitrogens with one attached hydrogen (secondary N) is 1. The molecule has 0 aromatic heterocycles. The molecule has 2 nitrogen and oxygen atoms in total. The lowest BCUT2D eigenvalue weighted by atomic mass is 9.90. The summed E-state index contributed by atoms with van der Waals surface area (Å²) in [5, 5.41) is 3.57. The minimum absolute atomic E-state index is 0.172. The highest BCUT2D eigenvalue weighted by Crippen LogP contribution is 2.25. The number of thioether (sulfide) groups is 1. The SMILES string of the molecule is CC(=O)SCC=Cc1ccc(C2CCNCC2)cc1. The van der Waals surface area contributed by atoms with E-state index in [0.29, 0.717) is 5.92 Å². The van der Waals surface area contributed by atoms with Gasteiger partial charge >= 0.3 is 0 Å². The first-order valence-corrected chi connectivity index (χ1v) is 7.85. The Bertz CT molecular complexity index is 433. The van der Waals surface area contributed by atoms with Gasteiger partial charge in [-0.2, -0.15) is 0 Å². The molecule has 0 aliphatic carbocycles. The molecule has 0 amide bonds. The van der Waals surface area contributed by atoms with Gasteiger partial charge < -0.3 is 5.32 Å². The highest BCUT2D eigenvalue weighted by molar-refractivity contribution is 8.13. The molecule has 19 heavy (non-hydrogen) atoms. The lowest BCUT2D eigenvalue weighted by molar-refractivity contribution is -0.109. The van der Waals surface area contributed by atoms with Crippen molar-refractivity contribution < 1.29 is 4.79 Å². The predicted octanol–water partition coefficient (Wildman–Crippen LogP) is 3.45. The topological polar surface area (TPSA) is 29.1 Å². The van der Waals surface area contributed by atoms with Crippen LogP contribution in [0.5, 0.6) is 0 Å². The molecule has 0 radical (unpaired) electrons. The van der Waals surface area contributed by atoms with Gasteiger partial charge in [-0.05, 0) is 43.0 Å². The standard InChI is InChI=1S/C16H21NOS/c1-13(18)19-12-2-3-14-4-6-15(7-5-14)16-8-10-17-11-9-16/h2-7,16-17H,8-12H2,1H3. The van der Waals surface area contributed by atoms with Crippen molar-refractivity contribution in [3.8, 4) is 0 Å². The summed E-state index contributed by atoms with van der Waals surface area (Å²) in [5.74, 6) is 1.47. The molecule has 0 saturated carbocycles. The van der Waals surface area contributed by atoms with Crippen LogP contribution >= 0.6 is 11.8 Å². The number of piperidine rings is 1. The minimum atomic E-state index is 0.172. The zero-order valence-electron chi connectivity index (χ0n) is 11.4. The number of hydrogen-bond acceptors (Lipinski definition) is 3. The highest BCUT2D eigenvalue weighted by atomic mass is 32.2. The van der Waals surface area contributed by atoms with E-state index in [4.69, 9.17) is 0 Å². The molecule has 1 fully saturated rings. The Morgan fingerprint density at radius 3 is 2.63 bits per heavy atom. The van der Waals surface area contributed by atoms with E-state index < -0.39 is 0 Å². The van der Waals surface area contributed by atoms with Gasteiger partial charge in [-0.15, -0.1) is 0 Å². The fourth-order valence-electron chi connectivity index (χ4n) is 2.38. The average Bonchev–Trinajstić information content (AvgIpc) is 2.45. The summed E-state index contributed by atoms with van der Waals surface area (Å²) in [7, 11) is 0. The normalized spacial score (nSPS) is 16.9. The Balaban J connectivity index is 1.88. The third-order valence-electron chi connectivity index (χ3n) is 3.44. The van der Waals surface area contributed by atoms with E-state index in [-0.39, 0.29) is 5.12 Å². The van der Waals surface area contributed by atoms with E-state index in [1.807, 2.05) is 6.08 Å². The number of hydrogen-bond donors (Lipinski definition) is 1. The zero-order chi connectivity index (χ0) is 13.5. The molecule has 0 unspecified atom stereocenters. The van der Waals surface area contributed by atoms with Crippen molar-refractivity contribution in [1.29, 1.82) is 0 Å². The molecule has 0 bridgehead atoms. The van der Waals surface area contributed by atoms with Gasteiger partial charge in [0, 0.05) is 12.7 Å². The Morgan fingerprint density at radius 1 is 1.32 bits per heavy atom. The van der Waals surface area contributed by atoms with Crippen molar-refractivity contribution >= 4 is 23.0 Å². The van der Waals surface area contributed by atoms with E-state index >= 15 is 0 Å². The van der Waals surface area contributed by atoms with Crippen LogP contribution in [0.1, 0.15) is 36.8 Å².